The minimum absolute atomic E-state index is 0.270. The summed E-state index contributed by atoms with van der Waals surface area (Å²) in [6.45, 7) is 6.39. The zero-order valence-corrected chi connectivity index (χ0v) is 16.1. The van der Waals surface area contributed by atoms with Gasteiger partial charge in [-0.1, -0.05) is 13.3 Å². The van der Waals surface area contributed by atoms with Crippen LogP contribution in [-0.2, 0) is 10.0 Å². The van der Waals surface area contributed by atoms with Gasteiger partial charge in [-0.3, -0.25) is 14.9 Å². The van der Waals surface area contributed by atoms with E-state index < -0.39 is 10.0 Å². The van der Waals surface area contributed by atoms with Crippen molar-refractivity contribution in [2.24, 2.45) is 0 Å². The van der Waals surface area contributed by atoms with Crippen LogP contribution in [0.15, 0.2) is 30.7 Å². The van der Waals surface area contributed by atoms with Gasteiger partial charge in [-0.25, -0.2) is 8.42 Å². The highest BCUT2D eigenvalue weighted by Gasteiger charge is 2.25. The van der Waals surface area contributed by atoms with Crippen molar-refractivity contribution >= 4 is 26.6 Å². The number of hydrogen-bond acceptors (Lipinski definition) is 6. The van der Waals surface area contributed by atoms with Gasteiger partial charge in [-0.05, 0) is 18.6 Å². The summed E-state index contributed by atoms with van der Waals surface area (Å²) in [6.07, 6.45) is 7.04. The Bertz CT molecular complexity index is 814. The van der Waals surface area contributed by atoms with Crippen molar-refractivity contribution in [3.8, 4) is 0 Å². The molecule has 0 radical (unpaired) electrons. The molecule has 2 aromatic heterocycles. The van der Waals surface area contributed by atoms with Crippen LogP contribution in [0.2, 0.25) is 0 Å². The molecule has 0 amide bonds. The predicted molar refractivity (Wildman–Crippen MR) is 105 cm³/mol. The molecule has 1 fully saturated rings. The Morgan fingerprint density at radius 2 is 2.00 bits per heavy atom. The zero-order valence-electron chi connectivity index (χ0n) is 15.3. The molecule has 1 aliphatic heterocycles. The van der Waals surface area contributed by atoms with Crippen LogP contribution in [-0.4, -0.2) is 72.6 Å². The highest BCUT2D eigenvalue weighted by molar-refractivity contribution is 7.89. The number of piperazine rings is 1. The van der Waals surface area contributed by atoms with Gasteiger partial charge in [0, 0.05) is 57.0 Å². The molecule has 3 rings (SSSR count). The Morgan fingerprint density at radius 1 is 1.19 bits per heavy atom. The van der Waals surface area contributed by atoms with Gasteiger partial charge in [0.25, 0.3) is 0 Å². The summed E-state index contributed by atoms with van der Waals surface area (Å²) in [6, 6.07) is 3.90. The summed E-state index contributed by atoms with van der Waals surface area (Å²) < 4.78 is 26.2. The SMILES string of the molecule is CCCCS(=O)(=O)N1CCN(CCNc2cncc3cccnc23)CC1. The van der Waals surface area contributed by atoms with Gasteiger partial charge in [-0.2, -0.15) is 4.31 Å². The maximum atomic E-state index is 12.3. The van der Waals surface area contributed by atoms with Crippen molar-refractivity contribution < 1.29 is 8.42 Å². The Labute approximate surface area is 155 Å². The highest BCUT2D eigenvalue weighted by Crippen LogP contribution is 2.18. The number of rotatable bonds is 8. The molecule has 0 saturated carbocycles. The number of unbranched alkanes of at least 4 members (excludes halogenated alkanes) is 1. The lowest BCUT2D eigenvalue weighted by Crippen LogP contribution is -2.50. The molecule has 1 aliphatic rings. The fourth-order valence-corrected chi connectivity index (χ4v) is 4.80. The molecule has 2 aromatic rings. The molecule has 8 heteroatoms. The quantitative estimate of drug-likeness (QED) is 0.756. The fourth-order valence-electron chi connectivity index (χ4n) is 3.17. The summed E-state index contributed by atoms with van der Waals surface area (Å²) >= 11 is 0. The molecule has 7 nitrogen and oxygen atoms in total. The number of hydrogen-bond donors (Lipinski definition) is 1. The standard InChI is InChI=1S/C18H27N5O2S/c1-2-3-13-26(24,25)23-11-9-22(10-12-23)8-7-20-17-15-19-14-16-5-4-6-21-18(16)17/h4-6,14-15,20H,2-3,7-13H2,1H3. The summed E-state index contributed by atoms with van der Waals surface area (Å²) in [5, 5.41) is 4.42. The molecule has 0 bridgehead atoms. The molecular weight excluding hydrogens is 350 g/mol. The fraction of sp³-hybridized carbons (Fsp3) is 0.556. The summed E-state index contributed by atoms with van der Waals surface area (Å²) in [5.41, 5.74) is 1.86. The van der Waals surface area contributed by atoms with Crippen molar-refractivity contribution in [1.29, 1.82) is 0 Å². The lowest BCUT2D eigenvalue weighted by Gasteiger charge is -2.34. The van der Waals surface area contributed by atoms with E-state index in [4.69, 9.17) is 0 Å². The van der Waals surface area contributed by atoms with Gasteiger partial charge in [0.05, 0.1) is 23.2 Å². The smallest absolute Gasteiger partial charge is 0.214 e. The molecule has 0 aromatic carbocycles. The van der Waals surface area contributed by atoms with Gasteiger partial charge in [0.15, 0.2) is 0 Å². The second kappa shape index (κ2) is 8.75. The van der Waals surface area contributed by atoms with E-state index in [1.54, 1.807) is 16.7 Å². The van der Waals surface area contributed by atoms with E-state index >= 15 is 0 Å². The van der Waals surface area contributed by atoms with Crippen LogP contribution in [0.5, 0.6) is 0 Å². The molecule has 1 N–H and O–H groups in total. The van der Waals surface area contributed by atoms with E-state index in [2.05, 4.69) is 20.2 Å². The van der Waals surface area contributed by atoms with Crippen LogP contribution in [0.4, 0.5) is 5.69 Å². The molecule has 3 heterocycles. The van der Waals surface area contributed by atoms with Gasteiger partial charge < -0.3 is 5.32 Å². The van der Waals surface area contributed by atoms with Crippen LogP contribution >= 0.6 is 0 Å². The Balaban J connectivity index is 1.47. The summed E-state index contributed by atoms with van der Waals surface area (Å²) in [7, 11) is -3.08. The Kier molecular flexibility index (Phi) is 6.39. The van der Waals surface area contributed by atoms with Crippen molar-refractivity contribution in [3.63, 3.8) is 0 Å². The largest absolute Gasteiger partial charge is 0.381 e. The number of sulfonamides is 1. The third kappa shape index (κ3) is 4.69. The maximum Gasteiger partial charge on any atom is 0.214 e. The van der Waals surface area contributed by atoms with Crippen molar-refractivity contribution in [2.45, 2.75) is 19.8 Å². The third-order valence-corrected chi connectivity index (χ3v) is 6.69. The first-order valence-electron chi connectivity index (χ1n) is 9.23. The summed E-state index contributed by atoms with van der Waals surface area (Å²) in [4.78, 5) is 11.0. The normalized spacial score (nSPS) is 16.8. The maximum absolute atomic E-state index is 12.3. The molecule has 0 spiro atoms. The second-order valence-corrected chi connectivity index (χ2v) is 8.69. The monoisotopic (exact) mass is 377 g/mol. The van der Waals surface area contributed by atoms with Crippen molar-refractivity contribution in [1.82, 2.24) is 19.2 Å². The van der Waals surface area contributed by atoms with Crippen LogP contribution in [0.25, 0.3) is 10.9 Å². The Morgan fingerprint density at radius 3 is 2.77 bits per heavy atom. The minimum Gasteiger partial charge on any atom is -0.381 e. The molecule has 0 atom stereocenters. The number of nitrogens with zero attached hydrogens (tertiary/aromatic N) is 4. The highest BCUT2D eigenvalue weighted by atomic mass is 32.2. The van der Waals surface area contributed by atoms with E-state index in [0.29, 0.717) is 13.1 Å². The third-order valence-electron chi connectivity index (χ3n) is 4.74. The van der Waals surface area contributed by atoms with Crippen molar-refractivity contribution in [2.75, 3.05) is 50.3 Å². The van der Waals surface area contributed by atoms with Crippen LogP contribution in [0.1, 0.15) is 19.8 Å². The van der Waals surface area contributed by atoms with E-state index in [0.717, 1.165) is 55.6 Å². The van der Waals surface area contributed by atoms with Gasteiger partial charge in [-0.15, -0.1) is 0 Å². The van der Waals surface area contributed by atoms with E-state index in [-0.39, 0.29) is 5.75 Å². The molecule has 0 aliphatic carbocycles. The average molecular weight is 378 g/mol. The number of fused-ring (bicyclic) bond motifs is 1. The van der Waals surface area contributed by atoms with E-state index in [1.165, 1.54) is 0 Å². The second-order valence-electron chi connectivity index (χ2n) is 6.60. The molecule has 0 unspecified atom stereocenters. The number of nitrogens with one attached hydrogen (secondary N) is 1. The van der Waals surface area contributed by atoms with Crippen LogP contribution < -0.4 is 5.32 Å². The molecule has 1 saturated heterocycles. The lowest BCUT2D eigenvalue weighted by molar-refractivity contribution is 0.194. The van der Waals surface area contributed by atoms with E-state index in [9.17, 15) is 8.42 Å². The van der Waals surface area contributed by atoms with Gasteiger partial charge in [0.1, 0.15) is 0 Å². The first kappa shape index (κ1) is 19.0. The zero-order chi connectivity index (χ0) is 18.4. The molecule has 142 valence electrons. The minimum atomic E-state index is -3.08. The first-order valence-corrected chi connectivity index (χ1v) is 10.8. The predicted octanol–water partition coefficient (Wildman–Crippen LogP) is 1.79. The van der Waals surface area contributed by atoms with E-state index in [1.807, 2.05) is 25.3 Å². The van der Waals surface area contributed by atoms with Gasteiger partial charge >= 0.3 is 0 Å². The summed E-state index contributed by atoms with van der Waals surface area (Å²) in [5.74, 6) is 0.270. The number of anilines is 1. The van der Waals surface area contributed by atoms with Crippen molar-refractivity contribution in [3.05, 3.63) is 30.7 Å². The Hall–Kier alpha value is -1.77. The molecule has 26 heavy (non-hydrogen) atoms. The van der Waals surface area contributed by atoms with Crippen LogP contribution in [0.3, 0.4) is 0 Å². The lowest BCUT2D eigenvalue weighted by atomic mass is 10.2. The number of pyridine rings is 2. The average Bonchev–Trinajstić information content (AvgIpc) is 2.67. The van der Waals surface area contributed by atoms with Gasteiger partial charge in [0.2, 0.25) is 10.0 Å². The van der Waals surface area contributed by atoms with Crippen LogP contribution in [0, 0.1) is 0 Å². The topological polar surface area (TPSA) is 78.4 Å². The molecular formula is C18H27N5O2S. The number of aromatic nitrogens is 2. The first-order chi connectivity index (χ1) is 12.6.